The third-order valence-electron chi connectivity index (χ3n) is 4.98. The first-order valence-corrected chi connectivity index (χ1v) is 8.83. The Hall–Kier alpha value is -1.15. The summed E-state index contributed by atoms with van der Waals surface area (Å²) in [4.78, 5) is 4.65. The summed E-state index contributed by atoms with van der Waals surface area (Å²) in [6.07, 6.45) is 2.59. The van der Waals surface area contributed by atoms with Crippen LogP contribution >= 0.6 is 11.3 Å². The van der Waals surface area contributed by atoms with Crippen molar-refractivity contribution in [3.05, 3.63) is 39.7 Å². The van der Waals surface area contributed by atoms with E-state index in [1.165, 1.54) is 18.4 Å². The maximum absolute atomic E-state index is 4.65. The summed E-state index contributed by atoms with van der Waals surface area (Å²) in [6, 6.07) is 7.03. The number of benzene rings is 1. The first-order valence-electron chi connectivity index (χ1n) is 7.95. The van der Waals surface area contributed by atoms with E-state index in [1.54, 1.807) is 22.5 Å². The lowest BCUT2D eigenvalue weighted by molar-refractivity contribution is 0.346. The molecule has 0 radical (unpaired) electrons. The van der Waals surface area contributed by atoms with Crippen molar-refractivity contribution in [1.29, 1.82) is 0 Å². The molecule has 2 heteroatoms. The lowest BCUT2D eigenvalue weighted by Crippen LogP contribution is -2.28. The van der Waals surface area contributed by atoms with Gasteiger partial charge in [-0.15, -0.1) is 11.3 Å². The average Bonchev–Trinajstić information content (AvgIpc) is 2.84. The zero-order valence-corrected chi connectivity index (χ0v) is 14.6. The maximum atomic E-state index is 4.65. The molecule has 1 aliphatic carbocycles. The van der Waals surface area contributed by atoms with Crippen LogP contribution in [0.25, 0.3) is 11.3 Å². The standard InChI is InChI=1S/C19H25NS/c1-12(2)15-8-9-19(4,5)17-7-6-14(10-16(15)17)18-11-21-13(3)20-18/h6-7,10-12,15H,8-9H2,1-5H3. The van der Waals surface area contributed by atoms with Crippen molar-refractivity contribution in [2.75, 3.05) is 0 Å². The Morgan fingerprint density at radius 3 is 2.67 bits per heavy atom. The minimum absolute atomic E-state index is 0.303. The number of fused-ring (bicyclic) bond motifs is 1. The van der Waals surface area contributed by atoms with Gasteiger partial charge in [0.25, 0.3) is 0 Å². The highest BCUT2D eigenvalue weighted by atomic mass is 32.1. The number of aryl methyl sites for hydroxylation is 1. The fraction of sp³-hybridized carbons (Fsp3) is 0.526. The Bertz CT molecular complexity index is 651. The summed E-state index contributed by atoms with van der Waals surface area (Å²) in [5, 5.41) is 3.32. The second kappa shape index (κ2) is 5.24. The van der Waals surface area contributed by atoms with Crippen LogP contribution in [0.4, 0.5) is 0 Å². The van der Waals surface area contributed by atoms with E-state index in [1.807, 2.05) is 0 Å². The van der Waals surface area contributed by atoms with Crippen LogP contribution in [0.5, 0.6) is 0 Å². The van der Waals surface area contributed by atoms with Crippen LogP contribution in [0, 0.1) is 12.8 Å². The number of nitrogens with zero attached hydrogens (tertiary/aromatic N) is 1. The molecule has 1 heterocycles. The van der Waals surface area contributed by atoms with E-state index in [0.29, 0.717) is 17.3 Å². The van der Waals surface area contributed by atoms with Crippen molar-refractivity contribution < 1.29 is 0 Å². The van der Waals surface area contributed by atoms with Gasteiger partial charge in [-0.2, -0.15) is 0 Å². The Morgan fingerprint density at radius 2 is 2.05 bits per heavy atom. The van der Waals surface area contributed by atoms with Gasteiger partial charge in [-0.3, -0.25) is 0 Å². The molecule has 1 aromatic heterocycles. The summed E-state index contributed by atoms with van der Waals surface area (Å²) >= 11 is 1.73. The highest BCUT2D eigenvalue weighted by Crippen LogP contribution is 2.46. The predicted molar refractivity (Wildman–Crippen MR) is 92.1 cm³/mol. The molecule has 1 unspecified atom stereocenters. The minimum atomic E-state index is 0.303. The molecule has 0 fully saturated rings. The van der Waals surface area contributed by atoms with Gasteiger partial charge >= 0.3 is 0 Å². The fourth-order valence-electron chi connectivity index (χ4n) is 3.64. The highest BCUT2D eigenvalue weighted by molar-refractivity contribution is 7.09. The van der Waals surface area contributed by atoms with Gasteiger partial charge in [0.15, 0.2) is 0 Å². The number of thiazole rings is 1. The minimum Gasteiger partial charge on any atom is -0.242 e. The van der Waals surface area contributed by atoms with Crippen molar-refractivity contribution in [3.8, 4) is 11.3 Å². The molecule has 2 aromatic rings. The normalized spacial score (nSPS) is 20.6. The topological polar surface area (TPSA) is 12.9 Å². The molecule has 0 saturated carbocycles. The van der Waals surface area contributed by atoms with Crippen molar-refractivity contribution in [1.82, 2.24) is 4.98 Å². The van der Waals surface area contributed by atoms with Crippen molar-refractivity contribution in [2.45, 2.75) is 58.8 Å². The zero-order chi connectivity index (χ0) is 15.2. The average molecular weight is 299 g/mol. The Balaban J connectivity index is 2.11. The molecule has 0 aliphatic heterocycles. The predicted octanol–water partition coefficient (Wildman–Crippen LogP) is 5.93. The van der Waals surface area contributed by atoms with E-state index >= 15 is 0 Å². The second-order valence-electron chi connectivity index (χ2n) is 7.33. The van der Waals surface area contributed by atoms with Crippen LogP contribution < -0.4 is 0 Å². The molecule has 0 spiro atoms. The molecule has 0 saturated heterocycles. The molecular formula is C19H25NS. The van der Waals surface area contributed by atoms with Crippen molar-refractivity contribution >= 4 is 11.3 Å². The molecule has 3 rings (SSSR count). The lowest BCUT2D eigenvalue weighted by Gasteiger charge is -2.39. The summed E-state index contributed by atoms with van der Waals surface area (Å²) < 4.78 is 0. The van der Waals surface area contributed by atoms with Crippen LogP contribution in [-0.2, 0) is 5.41 Å². The van der Waals surface area contributed by atoms with Crippen LogP contribution in [0.3, 0.4) is 0 Å². The maximum Gasteiger partial charge on any atom is 0.0901 e. The van der Waals surface area contributed by atoms with E-state index in [4.69, 9.17) is 0 Å². The number of aromatic nitrogens is 1. The molecule has 21 heavy (non-hydrogen) atoms. The first kappa shape index (κ1) is 14.8. The molecule has 1 atom stereocenters. The third-order valence-corrected chi connectivity index (χ3v) is 5.75. The molecule has 0 amide bonds. The Labute approximate surface area is 132 Å². The molecule has 0 bridgehead atoms. The van der Waals surface area contributed by atoms with E-state index in [-0.39, 0.29) is 0 Å². The summed E-state index contributed by atoms with van der Waals surface area (Å²) in [7, 11) is 0. The van der Waals surface area contributed by atoms with Gasteiger partial charge in [0.1, 0.15) is 0 Å². The van der Waals surface area contributed by atoms with Gasteiger partial charge in [0.2, 0.25) is 0 Å². The second-order valence-corrected chi connectivity index (χ2v) is 8.39. The quantitative estimate of drug-likeness (QED) is 0.669. The van der Waals surface area contributed by atoms with Crippen LogP contribution in [0.2, 0.25) is 0 Å². The number of hydrogen-bond donors (Lipinski definition) is 0. The largest absolute Gasteiger partial charge is 0.242 e. The third kappa shape index (κ3) is 2.66. The van der Waals surface area contributed by atoms with E-state index < -0.39 is 0 Å². The van der Waals surface area contributed by atoms with Gasteiger partial charge in [-0.1, -0.05) is 39.8 Å². The van der Waals surface area contributed by atoms with Crippen LogP contribution in [0.15, 0.2) is 23.6 Å². The van der Waals surface area contributed by atoms with Gasteiger partial charge in [0, 0.05) is 10.9 Å². The summed E-state index contributed by atoms with van der Waals surface area (Å²) in [5.41, 5.74) is 5.82. The van der Waals surface area contributed by atoms with Gasteiger partial charge in [-0.05, 0) is 54.2 Å². The van der Waals surface area contributed by atoms with Crippen molar-refractivity contribution in [2.24, 2.45) is 5.92 Å². The first-order chi connectivity index (χ1) is 9.88. The zero-order valence-electron chi connectivity index (χ0n) is 13.7. The summed E-state index contributed by atoms with van der Waals surface area (Å²) in [6.45, 7) is 11.6. The van der Waals surface area contributed by atoms with Gasteiger partial charge < -0.3 is 0 Å². The fourth-order valence-corrected chi connectivity index (χ4v) is 4.26. The summed E-state index contributed by atoms with van der Waals surface area (Å²) in [5.74, 6) is 1.39. The van der Waals surface area contributed by atoms with E-state index in [0.717, 1.165) is 10.7 Å². The van der Waals surface area contributed by atoms with Crippen LogP contribution in [-0.4, -0.2) is 4.98 Å². The molecular weight excluding hydrogens is 274 g/mol. The van der Waals surface area contributed by atoms with Gasteiger partial charge in [0.05, 0.1) is 10.7 Å². The number of hydrogen-bond acceptors (Lipinski definition) is 2. The lowest BCUT2D eigenvalue weighted by atomic mass is 9.66. The van der Waals surface area contributed by atoms with E-state index in [9.17, 15) is 0 Å². The molecule has 1 aromatic carbocycles. The Kier molecular flexibility index (Phi) is 3.69. The van der Waals surface area contributed by atoms with E-state index in [2.05, 4.69) is 63.2 Å². The SMILES string of the molecule is Cc1nc(-c2ccc3c(c2)C(C(C)C)CCC3(C)C)cs1. The highest BCUT2D eigenvalue weighted by Gasteiger charge is 2.33. The Morgan fingerprint density at radius 1 is 1.29 bits per heavy atom. The monoisotopic (exact) mass is 299 g/mol. The van der Waals surface area contributed by atoms with Gasteiger partial charge in [-0.25, -0.2) is 4.98 Å². The molecule has 112 valence electrons. The number of rotatable bonds is 2. The smallest absolute Gasteiger partial charge is 0.0901 e. The molecule has 0 N–H and O–H groups in total. The van der Waals surface area contributed by atoms with Crippen LogP contribution in [0.1, 0.15) is 62.6 Å². The molecule has 1 aliphatic rings. The van der Waals surface area contributed by atoms with Crippen molar-refractivity contribution in [3.63, 3.8) is 0 Å². The molecule has 1 nitrogen and oxygen atoms in total.